The summed E-state index contributed by atoms with van der Waals surface area (Å²) in [5.74, 6) is 0.413. The third-order valence-electron chi connectivity index (χ3n) is 11.9. The fraction of sp³-hybridized carbons (Fsp3) is 0.354. The lowest BCUT2D eigenvalue weighted by molar-refractivity contribution is -0.383. The lowest BCUT2D eigenvalue weighted by Gasteiger charge is -2.36. The van der Waals surface area contributed by atoms with Crippen molar-refractivity contribution in [1.29, 1.82) is 0 Å². The Hall–Kier alpha value is -4.62. The van der Waals surface area contributed by atoms with Crippen LogP contribution in [0, 0.1) is 16.0 Å². The van der Waals surface area contributed by atoms with Gasteiger partial charge in [-0.05, 0) is 123 Å². The van der Waals surface area contributed by atoms with Crippen molar-refractivity contribution in [2.45, 2.75) is 43.7 Å². The van der Waals surface area contributed by atoms with Gasteiger partial charge >= 0.3 is 16.2 Å². The molecule has 0 bridgehead atoms. The van der Waals surface area contributed by atoms with Crippen molar-refractivity contribution in [2.24, 2.45) is 5.92 Å². The summed E-state index contributed by atoms with van der Waals surface area (Å²) in [6.45, 7) is 8.89. The van der Waals surface area contributed by atoms with E-state index >= 15 is 0 Å². The molecule has 5 aromatic carbocycles. The number of nitrogens with zero attached hydrogens (tertiary/aromatic N) is 4. The average Bonchev–Trinajstić information content (AvgIpc) is 3.33. The zero-order valence-electron chi connectivity index (χ0n) is 36.4. The number of hydrogen-bond donors (Lipinski definition) is 2. The number of benzene rings is 5. The molecule has 1 amide bonds. The van der Waals surface area contributed by atoms with Crippen LogP contribution in [0.25, 0.3) is 11.1 Å². The van der Waals surface area contributed by atoms with E-state index in [1.807, 2.05) is 54.6 Å². The second-order valence-corrected chi connectivity index (χ2v) is 20.3. The summed E-state index contributed by atoms with van der Waals surface area (Å²) >= 11 is 7.81. The highest BCUT2D eigenvalue weighted by Crippen LogP contribution is 2.43. The summed E-state index contributed by atoms with van der Waals surface area (Å²) in [7, 11) is -4.39. The fourth-order valence-electron chi connectivity index (χ4n) is 8.31. The topological polar surface area (TPSA) is 147 Å². The van der Waals surface area contributed by atoms with Crippen LogP contribution in [0.2, 0.25) is 5.02 Å². The highest BCUT2D eigenvalue weighted by molar-refractivity contribution is 7.99. The third kappa shape index (κ3) is 13.5. The number of piperidine rings is 1. The Morgan fingerprint density at radius 1 is 0.908 bits per heavy atom. The molecule has 0 spiro atoms. The number of carbonyl (C=O) groups excluding carboxylic acids is 1. The number of piperazine rings is 1. The summed E-state index contributed by atoms with van der Waals surface area (Å²) in [5.41, 5.74) is 4.88. The minimum absolute atomic E-state index is 0.00430. The van der Waals surface area contributed by atoms with Crippen LogP contribution >= 0.6 is 39.6 Å². The van der Waals surface area contributed by atoms with Crippen LogP contribution < -0.4 is 20.6 Å². The Kier molecular flexibility index (Phi) is 17.6. The van der Waals surface area contributed by atoms with Crippen LogP contribution in [0.1, 0.15) is 42.1 Å². The number of likely N-dealkylation sites (tertiary alicyclic amines) is 1. The average molecular weight is 957 g/mol. The normalized spacial score (nSPS) is 16.5. The molecule has 13 nitrogen and oxygen atoms in total. The third-order valence-corrected chi connectivity index (χ3v) is 15.7. The molecule has 2 N–H and O–H groups in total. The first-order chi connectivity index (χ1) is 31.6. The number of nitro benzene ring substituents is 1. The summed E-state index contributed by atoms with van der Waals surface area (Å²) in [5, 5.41) is 19.4. The van der Waals surface area contributed by atoms with E-state index in [1.165, 1.54) is 23.3 Å². The smallest absolute Gasteiger partial charge is 0.327 e. The minimum Gasteiger partial charge on any atom is -0.376 e. The number of rotatable bonds is 21. The van der Waals surface area contributed by atoms with Crippen LogP contribution in [0.3, 0.4) is 0 Å². The predicted molar refractivity (Wildman–Crippen MR) is 262 cm³/mol. The van der Waals surface area contributed by atoms with Crippen molar-refractivity contribution in [2.75, 3.05) is 75.0 Å². The Bertz CT molecular complexity index is 2400. The molecule has 17 heteroatoms. The maximum Gasteiger partial charge on any atom is 0.327 e. The van der Waals surface area contributed by atoms with Crippen molar-refractivity contribution >= 4 is 67.8 Å². The zero-order valence-corrected chi connectivity index (χ0v) is 39.8. The number of nitro groups is 1. The Morgan fingerprint density at radius 3 is 2.31 bits per heavy atom. The van der Waals surface area contributed by atoms with E-state index in [-0.39, 0.29) is 37.9 Å². The molecule has 7 rings (SSSR count). The molecule has 0 saturated carbocycles. The molecule has 0 radical (unpaired) electrons. The van der Waals surface area contributed by atoms with Crippen molar-refractivity contribution < 1.29 is 27.9 Å². The quantitative estimate of drug-likeness (QED) is 0.0312. The number of thioether (sulfide) groups is 1. The van der Waals surface area contributed by atoms with Crippen LogP contribution in [0.5, 0.6) is 0 Å². The fourth-order valence-corrected chi connectivity index (χ4v) is 11.4. The lowest BCUT2D eigenvalue weighted by Crippen LogP contribution is -2.46. The van der Waals surface area contributed by atoms with E-state index in [9.17, 15) is 24.0 Å². The van der Waals surface area contributed by atoms with Gasteiger partial charge in [0.1, 0.15) is 5.69 Å². The Balaban J connectivity index is 0.980. The van der Waals surface area contributed by atoms with Crippen molar-refractivity contribution in [3.05, 3.63) is 148 Å². The van der Waals surface area contributed by atoms with Crippen molar-refractivity contribution in [3.8, 4) is 11.1 Å². The van der Waals surface area contributed by atoms with Crippen molar-refractivity contribution in [3.63, 3.8) is 0 Å². The molecule has 0 aliphatic carbocycles. The number of halogens is 1. The standard InChI is InChI=1S/C48H55ClN6O7P2S/c1-2-62-64(60,51-48(56)38-14-18-42(19-15-38)54-30-28-53(29-31-54)33-39-8-6-7-11-45(39)37-12-16-40(49)17-13-37)43-20-21-46(47(32-43)55(57)58)50-41(35-65-44-9-4-3-5-10-44)24-27-52-25-22-36(23-26-52)34-61-63-59/h3-21,32,36,41,50H,2,22-31,33-35H2,1H3,(H,51,56,60)/t41-,64?/m1/s1. The maximum atomic E-state index is 14.5. The molecule has 2 heterocycles. The van der Waals surface area contributed by atoms with Gasteiger partial charge in [0, 0.05) is 78.3 Å². The first-order valence-corrected chi connectivity index (χ1v) is 25.7. The zero-order chi connectivity index (χ0) is 45.6. The maximum absolute atomic E-state index is 14.5. The summed E-state index contributed by atoms with van der Waals surface area (Å²) in [6.07, 6.45) is 2.62. The summed E-state index contributed by atoms with van der Waals surface area (Å²) in [6, 6.07) is 37.7. The van der Waals surface area contributed by atoms with E-state index in [4.69, 9.17) is 20.6 Å². The number of carbonyl (C=O) groups is 1. The van der Waals surface area contributed by atoms with Gasteiger partial charge in [0.05, 0.1) is 23.4 Å². The van der Waals surface area contributed by atoms with E-state index in [0.717, 1.165) is 87.8 Å². The molecule has 2 atom stereocenters. The summed E-state index contributed by atoms with van der Waals surface area (Å²) in [4.78, 5) is 34.0. The number of anilines is 2. The number of amides is 1. The predicted octanol–water partition coefficient (Wildman–Crippen LogP) is 10.4. The molecule has 1 unspecified atom stereocenters. The second-order valence-electron chi connectivity index (χ2n) is 16.3. The minimum atomic E-state index is -4.10. The van der Waals surface area contributed by atoms with Crippen molar-refractivity contribution in [1.82, 2.24) is 14.9 Å². The molecule has 5 aromatic rings. The molecular formula is C48H55ClN6O7P2S. The van der Waals surface area contributed by atoms with Gasteiger partial charge in [-0.1, -0.05) is 66.2 Å². The van der Waals surface area contributed by atoms with Gasteiger partial charge in [0.2, 0.25) is 0 Å². The monoisotopic (exact) mass is 956 g/mol. The molecule has 2 fully saturated rings. The van der Waals surface area contributed by atoms with E-state index in [2.05, 4.69) is 61.5 Å². The van der Waals surface area contributed by atoms with Crippen LogP contribution in [-0.4, -0.2) is 91.5 Å². The van der Waals surface area contributed by atoms with Gasteiger partial charge in [-0.3, -0.25) is 34.0 Å². The first-order valence-electron chi connectivity index (χ1n) is 22.0. The largest absolute Gasteiger partial charge is 0.376 e. The van der Waals surface area contributed by atoms with Gasteiger partial charge in [-0.2, -0.15) is 0 Å². The van der Waals surface area contributed by atoms with E-state index in [1.54, 1.807) is 36.9 Å². The molecule has 0 aromatic heterocycles. The highest BCUT2D eigenvalue weighted by atomic mass is 35.5. The summed E-state index contributed by atoms with van der Waals surface area (Å²) < 4.78 is 36.0. The molecule has 342 valence electrons. The van der Waals surface area contributed by atoms with E-state index < -0.39 is 18.4 Å². The Morgan fingerprint density at radius 2 is 1.62 bits per heavy atom. The van der Waals surface area contributed by atoms with E-state index in [0.29, 0.717) is 29.0 Å². The van der Waals surface area contributed by atoms with Gasteiger partial charge in [0.25, 0.3) is 11.6 Å². The number of hydrogen-bond acceptors (Lipinski definition) is 12. The molecule has 2 saturated heterocycles. The second kappa shape index (κ2) is 23.7. The first kappa shape index (κ1) is 48.3. The SMILES string of the molecule is CCOP(=O)(NC(=O)c1ccc(N2CCN(Cc3ccccc3-c3ccc(Cl)cc3)CC2)cc1)c1ccc(N[C@H](CCN2CCC(COP=O)CC2)CSc2ccccc2)c([N+](=O)[O-])c1. The van der Waals surface area contributed by atoms with Gasteiger partial charge in [-0.15, -0.1) is 11.8 Å². The van der Waals surface area contributed by atoms with Gasteiger partial charge in [0.15, 0.2) is 0 Å². The van der Waals surface area contributed by atoms with Crippen LogP contribution in [0.4, 0.5) is 17.1 Å². The molecule has 2 aliphatic heterocycles. The number of nitrogens with one attached hydrogen (secondary N) is 2. The van der Waals surface area contributed by atoms with Crippen LogP contribution in [-0.2, 0) is 24.7 Å². The molecule has 2 aliphatic rings. The van der Waals surface area contributed by atoms with Crippen LogP contribution in [0.15, 0.2) is 126 Å². The molecule has 65 heavy (non-hydrogen) atoms. The Labute approximate surface area is 392 Å². The van der Waals surface area contributed by atoms with Gasteiger partial charge in [-0.25, -0.2) is 4.57 Å². The highest BCUT2D eigenvalue weighted by Gasteiger charge is 2.32. The lowest BCUT2D eigenvalue weighted by atomic mass is 9.97. The molecular weight excluding hydrogens is 902 g/mol. The van der Waals surface area contributed by atoms with Gasteiger partial charge < -0.3 is 19.6 Å².